The standard InChI is InChI=1S/C16H22N2/c1-4-5-6-12-7-8-15-13(9-12)10-14(11(2)3)16(17)18-15/h7-11H,4-6H2,1-3H3,(H2,17,18). The molecule has 1 aromatic carbocycles. The molecule has 0 saturated carbocycles. The monoisotopic (exact) mass is 242 g/mol. The molecular formula is C16H22N2. The number of nitrogens with two attached hydrogens (primary N) is 1. The second-order valence-corrected chi connectivity index (χ2v) is 5.25. The molecule has 2 aromatic rings. The van der Waals surface area contributed by atoms with E-state index in [4.69, 9.17) is 5.73 Å². The summed E-state index contributed by atoms with van der Waals surface area (Å²) in [6.45, 7) is 6.53. The zero-order chi connectivity index (χ0) is 13.1. The third-order valence-corrected chi connectivity index (χ3v) is 3.38. The van der Waals surface area contributed by atoms with E-state index in [0.29, 0.717) is 11.7 Å². The highest BCUT2D eigenvalue weighted by atomic mass is 14.8. The number of unbranched alkanes of at least 4 members (excludes halogenated alkanes) is 1. The third kappa shape index (κ3) is 2.63. The minimum Gasteiger partial charge on any atom is -0.383 e. The number of fused-ring (bicyclic) bond motifs is 1. The van der Waals surface area contributed by atoms with Crippen molar-refractivity contribution in [3.8, 4) is 0 Å². The number of nitrogen functional groups attached to an aromatic ring is 1. The van der Waals surface area contributed by atoms with E-state index in [9.17, 15) is 0 Å². The van der Waals surface area contributed by atoms with Gasteiger partial charge in [-0.15, -0.1) is 0 Å². The van der Waals surface area contributed by atoms with Crippen molar-refractivity contribution >= 4 is 16.7 Å². The topological polar surface area (TPSA) is 38.9 Å². The van der Waals surface area contributed by atoms with Gasteiger partial charge in [0, 0.05) is 5.39 Å². The minimum atomic E-state index is 0.418. The molecule has 0 aliphatic carbocycles. The maximum absolute atomic E-state index is 5.99. The van der Waals surface area contributed by atoms with Crippen molar-refractivity contribution in [2.75, 3.05) is 5.73 Å². The smallest absolute Gasteiger partial charge is 0.127 e. The summed E-state index contributed by atoms with van der Waals surface area (Å²) in [5, 5.41) is 1.21. The van der Waals surface area contributed by atoms with Crippen molar-refractivity contribution in [2.24, 2.45) is 0 Å². The fourth-order valence-corrected chi connectivity index (χ4v) is 2.26. The molecule has 2 rings (SSSR count). The first-order chi connectivity index (χ1) is 8.61. The summed E-state index contributed by atoms with van der Waals surface area (Å²) in [5.41, 5.74) is 9.53. The summed E-state index contributed by atoms with van der Waals surface area (Å²) >= 11 is 0. The van der Waals surface area contributed by atoms with Gasteiger partial charge in [0.25, 0.3) is 0 Å². The Morgan fingerprint density at radius 1 is 1.22 bits per heavy atom. The first-order valence-electron chi connectivity index (χ1n) is 6.81. The molecule has 0 aliphatic heterocycles. The summed E-state index contributed by atoms with van der Waals surface area (Å²) in [4.78, 5) is 4.50. The number of rotatable bonds is 4. The van der Waals surface area contributed by atoms with Crippen LogP contribution < -0.4 is 5.73 Å². The van der Waals surface area contributed by atoms with Crippen LogP contribution in [-0.4, -0.2) is 4.98 Å². The molecule has 2 heteroatoms. The second-order valence-electron chi connectivity index (χ2n) is 5.25. The Kier molecular flexibility index (Phi) is 3.85. The molecule has 0 amide bonds. The number of hydrogen-bond donors (Lipinski definition) is 1. The predicted molar refractivity (Wildman–Crippen MR) is 78.9 cm³/mol. The molecule has 0 aliphatic rings. The first-order valence-corrected chi connectivity index (χ1v) is 6.81. The largest absolute Gasteiger partial charge is 0.383 e. The Morgan fingerprint density at radius 3 is 2.67 bits per heavy atom. The Bertz CT molecular complexity index is 544. The lowest BCUT2D eigenvalue weighted by atomic mass is 10.00. The predicted octanol–water partition coefficient (Wildman–Crippen LogP) is 4.28. The van der Waals surface area contributed by atoms with Crippen LogP contribution in [0.25, 0.3) is 10.9 Å². The molecule has 0 saturated heterocycles. The second kappa shape index (κ2) is 5.38. The van der Waals surface area contributed by atoms with Crippen LogP contribution in [0.5, 0.6) is 0 Å². The number of aromatic nitrogens is 1. The summed E-state index contributed by atoms with van der Waals surface area (Å²) < 4.78 is 0. The highest BCUT2D eigenvalue weighted by molar-refractivity contribution is 5.82. The fraction of sp³-hybridized carbons (Fsp3) is 0.438. The molecule has 2 nitrogen and oxygen atoms in total. The van der Waals surface area contributed by atoms with Gasteiger partial charge in [-0.1, -0.05) is 33.3 Å². The maximum Gasteiger partial charge on any atom is 0.127 e. The van der Waals surface area contributed by atoms with Crippen LogP contribution in [0.3, 0.4) is 0 Å². The molecule has 0 spiro atoms. The van der Waals surface area contributed by atoms with Crippen LogP contribution in [-0.2, 0) is 6.42 Å². The van der Waals surface area contributed by atoms with Gasteiger partial charge in [-0.05, 0) is 48.1 Å². The lowest BCUT2D eigenvalue weighted by molar-refractivity contribution is 0.796. The number of nitrogens with zero attached hydrogens (tertiary/aromatic N) is 1. The van der Waals surface area contributed by atoms with Gasteiger partial charge in [-0.2, -0.15) is 0 Å². The minimum absolute atomic E-state index is 0.418. The van der Waals surface area contributed by atoms with Crippen molar-refractivity contribution in [1.29, 1.82) is 0 Å². The van der Waals surface area contributed by atoms with E-state index < -0.39 is 0 Å². The fourth-order valence-electron chi connectivity index (χ4n) is 2.26. The van der Waals surface area contributed by atoms with Gasteiger partial charge >= 0.3 is 0 Å². The number of aryl methyl sites for hydroxylation is 1. The zero-order valence-corrected chi connectivity index (χ0v) is 11.5. The van der Waals surface area contributed by atoms with E-state index in [1.165, 1.54) is 23.8 Å². The normalized spacial score (nSPS) is 11.3. The van der Waals surface area contributed by atoms with Gasteiger partial charge in [-0.3, -0.25) is 0 Å². The Labute approximate surface area is 109 Å². The quantitative estimate of drug-likeness (QED) is 0.869. The lowest BCUT2D eigenvalue weighted by Crippen LogP contribution is -2.00. The van der Waals surface area contributed by atoms with Crippen LogP contribution in [0, 0.1) is 0 Å². The van der Waals surface area contributed by atoms with Crippen LogP contribution in [0.4, 0.5) is 5.82 Å². The summed E-state index contributed by atoms with van der Waals surface area (Å²) in [7, 11) is 0. The first kappa shape index (κ1) is 12.9. The molecule has 0 fully saturated rings. The van der Waals surface area contributed by atoms with Crippen molar-refractivity contribution in [3.63, 3.8) is 0 Å². The van der Waals surface area contributed by atoms with Crippen LogP contribution in [0.1, 0.15) is 50.7 Å². The lowest BCUT2D eigenvalue weighted by Gasteiger charge is -2.11. The Hall–Kier alpha value is -1.57. The maximum atomic E-state index is 5.99. The van der Waals surface area contributed by atoms with Gasteiger partial charge in [-0.25, -0.2) is 4.98 Å². The van der Waals surface area contributed by atoms with E-state index in [-0.39, 0.29) is 0 Å². The molecular weight excluding hydrogens is 220 g/mol. The third-order valence-electron chi connectivity index (χ3n) is 3.38. The highest BCUT2D eigenvalue weighted by Crippen LogP contribution is 2.25. The molecule has 0 radical (unpaired) electrons. The average molecular weight is 242 g/mol. The van der Waals surface area contributed by atoms with E-state index in [1.807, 2.05) is 0 Å². The van der Waals surface area contributed by atoms with E-state index in [2.05, 4.69) is 50.0 Å². The molecule has 1 aromatic heterocycles. The van der Waals surface area contributed by atoms with Gasteiger partial charge in [0.05, 0.1) is 5.52 Å². The molecule has 0 unspecified atom stereocenters. The van der Waals surface area contributed by atoms with Gasteiger partial charge < -0.3 is 5.73 Å². The molecule has 0 bridgehead atoms. The van der Waals surface area contributed by atoms with Crippen LogP contribution in [0.2, 0.25) is 0 Å². The summed E-state index contributed by atoms with van der Waals surface area (Å²) in [5.74, 6) is 1.08. The number of pyridine rings is 1. The van der Waals surface area contributed by atoms with Crippen LogP contribution in [0.15, 0.2) is 24.3 Å². The number of benzene rings is 1. The Balaban J connectivity index is 2.44. The van der Waals surface area contributed by atoms with Crippen molar-refractivity contribution < 1.29 is 0 Å². The molecule has 2 N–H and O–H groups in total. The van der Waals surface area contributed by atoms with Crippen molar-refractivity contribution in [1.82, 2.24) is 4.98 Å². The van der Waals surface area contributed by atoms with E-state index in [1.54, 1.807) is 0 Å². The van der Waals surface area contributed by atoms with Gasteiger partial charge in [0.1, 0.15) is 5.82 Å². The SMILES string of the molecule is CCCCc1ccc2nc(N)c(C(C)C)cc2c1. The van der Waals surface area contributed by atoms with Gasteiger partial charge in [0.15, 0.2) is 0 Å². The van der Waals surface area contributed by atoms with Gasteiger partial charge in [0.2, 0.25) is 0 Å². The Morgan fingerprint density at radius 2 is 2.00 bits per heavy atom. The molecule has 96 valence electrons. The number of anilines is 1. The van der Waals surface area contributed by atoms with E-state index >= 15 is 0 Å². The molecule has 0 atom stereocenters. The molecule has 18 heavy (non-hydrogen) atoms. The summed E-state index contributed by atoms with van der Waals surface area (Å²) in [6.07, 6.45) is 3.62. The van der Waals surface area contributed by atoms with E-state index in [0.717, 1.165) is 17.5 Å². The van der Waals surface area contributed by atoms with Crippen LogP contribution >= 0.6 is 0 Å². The van der Waals surface area contributed by atoms with Crippen molar-refractivity contribution in [3.05, 3.63) is 35.4 Å². The number of hydrogen-bond acceptors (Lipinski definition) is 2. The average Bonchev–Trinajstić information content (AvgIpc) is 2.35. The highest BCUT2D eigenvalue weighted by Gasteiger charge is 2.08. The molecule has 1 heterocycles. The summed E-state index contributed by atoms with van der Waals surface area (Å²) in [6, 6.07) is 8.70. The zero-order valence-electron chi connectivity index (χ0n) is 11.5. The van der Waals surface area contributed by atoms with Crippen molar-refractivity contribution in [2.45, 2.75) is 46.0 Å².